The SMILES string of the molecule is C=Cc1ccc(C2(c3ccc(C=C)cc3)c3ccccc3-c3cc(N(c4ccc(-c5ccccc5)cc4)c4ccc5c(c4)C(C)(C)c4ccccc4-5)ccc32)cc1. The van der Waals surface area contributed by atoms with Gasteiger partial charge in [-0.1, -0.05) is 191 Å². The molecule has 0 heterocycles. The minimum absolute atomic E-state index is 0.121. The summed E-state index contributed by atoms with van der Waals surface area (Å²) in [5.41, 5.74) is 20.2. The Hall–Kier alpha value is -6.96. The zero-order chi connectivity index (χ0) is 38.7. The lowest BCUT2D eigenvalue weighted by Crippen LogP contribution is -2.28. The predicted octanol–water partition coefficient (Wildman–Crippen LogP) is 14.8. The molecule has 0 bridgehead atoms. The van der Waals surface area contributed by atoms with Crippen LogP contribution in [-0.2, 0) is 10.8 Å². The van der Waals surface area contributed by atoms with E-state index in [0.717, 1.165) is 28.2 Å². The molecule has 2 aliphatic rings. The monoisotopic (exact) mass is 729 g/mol. The van der Waals surface area contributed by atoms with Crippen LogP contribution >= 0.6 is 0 Å². The average molecular weight is 730 g/mol. The molecule has 0 aliphatic heterocycles. The molecule has 0 saturated heterocycles. The van der Waals surface area contributed by atoms with E-state index in [1.54, 1.807) is 0 Å². The molecule has 0 radical (unpaired) electrons. The van der Waals surface area contributed by atoms with Gasteiger partial charge in [0.25, 0.3) is 0 Å². The summed E-state index contributed by atoms with van der Waals surface area (Å²) in [5.74, 6) is 0. The maximum absolute atomic E-state index is 4.04. The lowest BCUT2D eigenvalue weighted by Gasteiger charge is -2.34. The Bertz CT molecular complexity index is 2770. The highest BCUT2D eigenvalue weighted by atomic mass is 15.1. The fraction of sp³-hybridized carbons (Fsp3) is 0.0714. The Morgan fingerprint density at radius 1 is 0.386 bits per heavy atom. The highest BCUT2D eigenvalue weighted by Gasteiger charge is 2.46. The normalized spacial score (nSPS) is 13.9. The lowest BCUT2D eigenvalue weighted by atomic mass is 9.67. The van der Waals surface area contributed by atoms with Gasteiger partial charge in [-0.15, -0.1) is 0 Å². The highest BCUT2D eigenvalue weighted by molar-refractivity contribution is 5.91. The van der Waals surface area contributed by atoms with Gasteiger partial charge in [0.15, 0.2) is 0 Å². The Balaban J connectivity index is 1.19. The first-order valence-corrected chi connectivity index (χ1v) is 19.8. The number of hydrogen-bond donors (Lipinski definition) is 0. The van der Waals surface area contributed by atoms with Crippen molar-refractivity contribution in [3.63, 3.8) is 0 Å². The molecule has 272 valence electrons. The Morgan fingerprint density at radius 3 is 1.49 bits per heavy atom. The summed E-state index contributed by atoms with van der Waals surface area (Å²) in [6, 6.07) is 69.5. The van der Waals surface area contributed by atoms with Crippen molar-refractivity contribution in [1.82, 2.24) is 0 Å². The first-order valence-electron chi connectivity index (χ1n) is 19.8. The molecule has 0 spiro atoms. The van der Waals surface area contributed by atoms with Gasteiger partial charge in [-0.25, -0.2) is 0 Å². The van der Waals surface area contributed by atoms with Crippen molar-refractivity contribution >= 4 is 29.2 Å². The first-order chi connectivity index (χ1) is 27.9. The molecule has 0 aromatic heterocycles. The summed E-state index contributed by atoms with van der Waals surface area (Å²) in [6.07, 6.45) is 3.83. The van der Waals surface area contributed by atoms with E-state index in [-0.39, 0.29) is 5.41 Å². The molecule has 0 atom stereocenters. The molecule has 0 fully saturated rings. The van der Waals surface area contributed by atoms with E-state index in [0.29, 0.717) is 0 Å². The standard InChI is InChI=1S/C56H43N/c1-5-38-20-26-42(27-21-38)56(43-28-22-39(6-2)23-29-43)52-19-13-11-17-48(52)50-36-45(33-35-53(50)56)57(44-30-24-41(25-31-44)40-14-8-7-9-15-40)46-32-34-49-47-16-10-12-18-51(47)55(3,4)54(49)37-46/h5-37H,1-2H2,3-4H3. The van der Waals surface area contributed by atoms with Crippen LogP contribution in [0.1, 0.15) is 58.4 Å². The van der Waals surface area contributed by atoms with Gasteiger partial charge >= 0.3 is 0 Å². The molecule has 1 heteroatoms. The summed E-state index contributed by atoms with van der Waals surface area (Å²) >= 11 is 0. The van der Waals surface area contributed by atoms with Crippen LogP contribution in [0.15, 0.2) is 201 Å². The summed E-state index contributed by atoms with van der Waals surface area (Å²) < 4.78 is 0. The van der Waals surface area contributed by atoms with Gasteiger partial charge < -0.3 is 4.90 Å². The second kappa shape index (κ2) is 13.4. The largest absolute Gasteiger partial charge is 0.310 e. The third-order valence-electron chi connectivity index (χ3n) is 12.5. The highest BCUT2D eigenvalue weighted by Crippen LogP contribution is 2.58. The predicted molar refractivity (Wildman–Crippen MR) is 242 cm³/mol. The first kappa shape index (κ1) is 34.5. The lowest BCUT2D eigenvalue weighted by molar-refractivity contribution is 0.660. The second-order valence-corrected chi connectivity index (χ2v) is 15.8. The maximum atomic E-state index is 4.04. The van der Waals surface area contributed by atoms with E-state index in [2.05, 4.69) is 220 Å². The van der Waals surface area contributed by atoms with Gasteiger partial charge in [-0.2, -0.15) is 0 Å². The molecule has 57 heavy (non-hydrogen) atoms. The van der Waals surface area contributed by atoms with Gasteiger partial charge in [0, 0.05) is 22.5 Å². The Morgan fingerprint density at radius 2 is 0.860 bits per heavy atom. The van der Waals surface area contributed by atoms with Crippen LogP contribution in [0.25, 0.3) is 45.5 Å². The zero-order valence-electron chi connectivity index (χ0n) is 32.4. The molecule has 2 aliphatic carbocycles. The summed E-state index contributed by atoms with van der Waals surface area (Å²) in [5, 5.41) is 0. The van der Waals surface area contributed by atoms with Crippen LogP contribution in [0.2, 0.25) is 0 Å². The van der Waals surface area contributed by atoms with Crippen molar-refractivity contribution < 1.29 is 0 Å². The molecule has 0 unspecified atom stereocenters. The minimum Gasteiger partial charge on any atom is -0.310 e. The van der Waals surface area contributed by atoms with Gasteiger partial charge in [-0.3, -0.25) is 0 Å². The van der Waals surface area contributed by atoms with E-state index in [4.69, 9.17) is 0 Å². The smallest absolute Gasteiger partial charge is 0.0713 e. The average Bonchev–Trinajstić information content (AvgIpc) is 3.69. The van der Waals surface area contributed by atoms with Gasteiger partial charge in [0.05, 0.1) is 5.41 Å². The molecule has 0 N–H and O–H groups in total. The number of hydrogen-bond acceptors (Lipinski definition) is 1. The molecule has 1 nitrogen and oxygen atoms in total. The summed E-state index contributed by atoms with van der Waals surface area (Å²) in [7, 11) is 0. The van der Waals surface area contributed by atoms with E-state index in [1.165, 1.54) is 66.8 Å². The van der Waals surface area contributed by atoms with Gasteiger partial charge in [-0.05, 0) is 114 Å². The van der Waals surface area contributed by atoms with Crippen molar-refractivity contribution in [2.75, 3.05) is 4.90 Å². The topological polar surface area (TPSA) is 3.24 Å². The van der Waals surface area contributed by atoms with Crippen LogP contribution in [-0.4, -0.2) is 0 Å². The zero-order valence-corrected chi connectivity index (χ0v) is 32.4. The minimum atomic E-state index is -0.518. The van der Waals surface area contributed by atoms with Crippen LogP contribution in [0.5, 0.6) is 0 Å². The fourth-order valence-electron chi connectivity index (χ4n) is 9.65. The molecular formula is C56H43N. The van der Waals surface area contributed by atoms with E-state index in [1.807, 2.05) is 12.2 Å². The summed E-state index contributed by atoms with van der Waals surface area (Å²) in [4.78, 5) is 2.44. The van der Waals surface area contributed by atoms with Crippen molar-refractivity contribution in [2.45, 2.75) is 24.7 Å². The molecule has 8 aromatic rings. The number of nitrogens with zero attached hydrogens (tertiary/aromatic N) is 1. The molecule has 0 amide bonds. The number of rotatable bonds is 8. The van der Waals surface area contributed by atoms with Crippen LogP contribution in [0.4, 0.5) is 17.1 Å². The number of fused-ring (bicyclic) bond motifs is 6. The fourth-order valence-corrected chi connectivity index (χ4v) is 9.65. The molecular weight excluding hydrogens is 687 g/mol. The summed E-state index contributed by atoms with van der Waals surface area (Å²) in [6.45, 7) is 12.8. The third-order valence-corrected chi connectivity index (χ3v) is 12.5. The molecule has 8 aromatic carbocycles. The van der Waals surface area contributed by atoms with Crippen LogP contribution in [0.3, 0.4) is 0 Å². The van der Waals surface area contributed by atoms with Crippen molar-refractivity contribution in [3.8, 4) is 33.4 Å². The molecule has 10 rings (SSSR count). The number of benzene rings is 8. The Kier molecular flexibility index (Phi) is 8.09. The van der Waals surface area contributed by atoms with Crippen molar-refractivity contribution in [1.29, 1.82) is 0 Å². The van der Waals surface area contributed by atoms with Crippen LogP contribution in [0, 0.1) is 0 Å². The van der Waals surface area contributed by atoms with E-state index < -0.39 is 5.41 Å². The maximum Gasteiger partial charge on any atom is 0.0713 e. The van der Waals surface area contributed by atoms with Crippen molar-refractivity contribution in [2.24, 2.45) is 0 Å². The number of anilines is 3. The molecule has 0 saturated carbocycles. The van der Waals surface area contributed by atoms with Gasteiger partial charge in [0.2, 0.25) is 0 Å². The van der Waals surface area contributed by atoms with E-state index >= 15 is 0 Å². The van der Waals surface area contributed by atoms with Crippen LogP contribution < -0.4 is 4.90 Å². The van der Waals surface area contributed by atoms with Gasteiger partial charge in [0.1, 0.15) is 0 Å². The second-order valence-electron chi connectivity index (χ2n) is 15.8. The van der Waals surface area contributed by atoms with E-state index in [9.17, 15) is 0 Å². The quantitative estimate of drug-likeness (QED) is 0.151. The Labute approximate surface area is 336 Å². The third kappa shape index (κ3) is 5.30. The van der Waals surface area contributed by atoms with Crippen molar-refractivity contribution in [3.05, 3.63) is 246 Å².